The summed E-state index contributed by atoms with van der Waals surface area (Å²) in [6.45, 7) is 1.28. The normalized spacial score (nSPS) is 26.9. The zero-order valence-electron chi connectivity index (χ0n) is 10.3. The van der Waals surface area contributed by atoms with Gasteiger partial charge in [-0.1, -0.05) is 0 Å². The molecule has 1 fully saturated rings. The van der Waals surface area contributed by atoms with Crippen LogP contribution in [-0.4, -0.2) is 41.7 Å². The van der Waals surface area contributed by atoms with Gasteiger partial charge in [0.05, 0.1) is 17.6 Å². The molecule has 2 unspecified atom stereocenters. The number of nitrogens with zero attached hydrogens (tertiary/aromatic N) is 2. The van der Waals surface area contributed by atoms with Crippen molar-refractivity contribution in [3.05, 3.63) is 31.7 Å². The Labute approximate surface area is 109 Å². The monoisotopic (exact) mass is 272 g/mol. The number of hydrogen-bond donors (Lipinski definition) is 2. The molecule has 2 aliphatic rings. The van der Waals surface area contributed by atoms with Crippen LogP contribution in [0.25, 0.3) is 0 Å². The second-order valence-electron chi connectivity index (χ2n) is 4.62. The zero-order valence-corrected chi connectivity index (χ0v) is 10.3. The summed E-state index contributed by atoms with van der Waals surface area (Å²) >= 11 is 0. The maximum atomic E-state index is 10.9. The van der Waals surface area contributed by atoms with Gasteiger partial charge in [-0.05, 0) is 12.8 Å². The molecule has 2 N–H and O–H groups in total. The number of nitro groups is 2. The van der Waals surface area contributed by atoms with Gasteiger partial charge in [-0.2, -0.15) is 0 Å². The minimum atomic E-state index is -0.950. The highest BCUT2D eigenvalue weighted by Crippen LogP contribution is 2.17. The summed E-state index contributed by atoms with van der Waals surface area (Å²) in [6, 6.07) is -0.950. The highest BCUT2D eigenvalue weighted by atomic mass is 16.6. The summed E-state index contributed by atoms with van der Waals surface area (Å²) in [7, 11) is 0. The van der Waals surface area contributed by atoms with Crippen LogP contribution in [-0.2, 0) is 4.74 Å². The van der Waals surface area contributed by atoms with Gasteiger partial charge in [0, 0.05) is 18.1 Å². The van der Waals surface area contributed by atoms with Crippen molar-refractivity contribution in [3.63, 3.8) is 0 Å². The average molecular weight is 272 g/mol. The molecule has 0 aromatic carbocycles. The van der Waals surface area contributed by atoms with Crippen molar-refractivity contribution in [2.75, 3.05) is 19.7 Å². The van der Waals surface area contributed by atoms with Crippen LogP contribution in [0.5, 0.6) is 0 Å². The van der Waals surface area contributed by atoms with Gasteiger partial charge < -0.3 is 15.4 Å². The van der Waals surface area contributed by atoms with Crippen LogP contribution in [0.2, 0.25) is 0 Å². The van der Waals surface area contributed by atoms with Crippen LogP contribution in [0.4, 0.5) is 0 Å². The van der Waals surface area contributed by atoms with Crippen LogP contribution in [0.3, 0.4) is 0 Å². The Morgan fingerprint density at radius 3 is 2.79 bits per heavy atom. The lowest BCUT2D eigenvalue weighted by Gasteiger charge is -2.21. The summed E-state index contributed by atoms with van der Waals surface area (Å²) in [5.41, 5.74) is -0.161. The van der Waals surface area contributed by atoms with Gasteiger partial charge in [0.1, 0.15) is 6.42 Å². The van der Waals surface area contributed by atoms with Crippen molar-refractivity contribution < 1.29 is 14.6 Å². The smallest absolute Gasteiger partial charge is 0.292 e. The molecule has 0 amide bonds. The van der Waals surface area contributed by atoms with Crippen LogP contribution in [0, 0.1) is 20.2 Å². The molecular weight excluding hydrogens is 256 g/mol. The summed E-state index contributed by atoms with van der Waals surface area (Å²) in [5, 5.41) is 27.3. The molecular formula is C10H16N4O5. The van der Waals surface area contributed by atoms with Gasteiger partial charge in [-0.3, -0.25) is 20.2 Å². The number of rotatable bonds is 5. The molecule has 0 aromatic rings. The molecule has 0 aliphatic carbocycles. The number of hydrogen-bond acceptors (Lipinski definition) is 7. The zero-order chi connectivity index (χ0) is 13.8. The first-order chi connectivity index (χ1) is 9.08. The minimum absolute atomic E-state index is 0.0514. The number of ether oxygens (including phenoxy) is 1. The predicted octanol–water partition coefficient (Wildman–Crippen LogP) is -0.161. The first-order valence-corrected chi connectivity index (χ1v) is 6.18. The summed E-state index contributed by atoms with van der Waals surface area (Å²) in [6.07, 6.45) is 1.80. The average Bonchev–Trinajstić information content (AvgIpc) is 2.89. The van der Waals surface area contributed by atoms with Crippen LogP contribution in [0.15, 0.2) is 11.5 Å². The first kappa shape index (κ1) is 13.5. The van der Waals surface area contributed by atoms with Crippen molar-refractivity contribution in [3.8, 4) is 0 Å². The van der Waals surface area contributed by atoms with E-state index in [4.69, 9.17) is 4.74 Å². The Morgan fingerprint density at radius 2 is 2.21 bits per heavy atom. The van der Waals surface area contributed by atoms with E-state index in [1.807, 2.05) is 0 Å². The molecule has 1 saturated heterocycles. The maximum Gasteiger partial charge on any atom is 0.292 e. The SMILES string of the molecule is O=[N+]([O-])C1=C(NCC2CCCO2)NCC([N+](=O)[O-])C1. The van der Waals surface area contributed by atoms with E-state index in [0.717, 1.165) is 12.8 Å². The van der Waals surface area contributed by atoms with E-state index >= 15 is 0 Å². The second-order valence-corrected chi connectivity index (χ2v) is 4.62. The summed E-state index contributed by atoms with van der Waals surface area (Å²) < 4.78 is 5.41. The van der Waals surface area contributed by atoms with E-state index in [9.17, 15) is 20.2 Å². The Bertz CT molecular complexity index is 405. The van der Waals surface area contributed by atoms with Crippen LogP contribution < -0.4 is 10.6 Å². The molecule has 0 bridgehead atoms. The third-order valence-corrected chi connectivity index (χ3v) is 3.28. The lowest BCUT2D eigenvalue weighted by molar-refractivity contribution is -0.529. The quantitative estimate of drug-likeness (QED) is 0.527. The first-order valence-electron chi connectivity index (χ1n) is 6.18. The van der Waals surface area contributed by atoms with Crippen molar-refractivity contribution in [2.45, 2.75) is 31.4 Å². The van der Waals surface area contributed by atoms with Crippen LogP contribution >= 0.6 is 0 Å². The highest BCUT2D eigenvalue weighted by molar-refractivity contribution is 5.09. The van der Waals surface area contributed by atoms with E-state index in [1.165, 1.54) is 0 Å². The molecule has 9 heteroatoms. The molecule has 2 aliphatic heterocycles. The fraction of sp³-hybridized carbons (Fsp3) is 0.800. The number of nitrogens with one attached hydrogen (secondary N) is 2. The van der Waals surface area contributed by atoms with E-state index in [1.54, 1.807) is 0 Å². The van der Waals surface area contributed by atoms with E-state index in [0.29, 0.717) is 13.2 Å². The van der Waals surface area contributed by atoms with Gasteiger partial charge in [0.15, 0.2) is 5.82 Å². The molecule has 2 rings (SSSR count). The third kappa shape index (κ3) is 3.31. The highest BCUT2D eigenvalue weighted by Gasteiger charge is 2.35. The Hall–Kier alpha value is -1.90. The van der Waals surface area contributed by atoms with Crippen molar-refractivity contribution in [1.82, 2.24) is 10.6 Å². The molecule has 2 atom stereocenters. The lowest BCUT2D eigenvalue weighted by Crippen LogP contribution is -2.44. The van der Waals surface area contributed by atoms with E-state index < -0.39 is 15.9 Å². The molecule has 0 saturated carbocycles. The Balaban J connectivity index is 2.00. The van der Waals surface area contributed by atoms with Gasteiger partial charge in [-0.25, -0.2) is 0 Å². The molecule has 9 nitrogen and oxygen atoms in total. The van der Waals surface area contributed by atoms with Gasteiger partial charge >= 0.3 is 0 Å². The molecule has 0 spiro atoms. The Morgan fingerprint density at radius 1 is 1.42 bits per heavy atom. The van der Waals surface area contributed by atoms with Crippen molar-refractivity contribution in [1.29, 1.82) is 0 Å². The largest absolute Gasteiger partial charge is 0.376 e. The molecule has 106 valence electrons. The molecule has 0 radical (unpaired) electrons. The molecule has 19 heavy (non-hydrogen) atoms. The van der Waals surface area contributed by atoms with Gasteiger partial charge in [-0.15, -0.1) is 0 Å². The Kier molecular flexibility index (Phi) is 4.15. The summed E-state index contributed by atoms with van der Waals surface area (Å²) in [5.74, 6) is 0.276. The molecule has 0 aromatic heterocycles. The standard InChI is InChI=1S/C10H16N4O5/c15-13(16)7-4-9(14(17)18)10(11-5-7)12-6-8-2-1-3-19-8/h7-8,11-12H,1-6H2. The molecule has 2 heterocycles. The topological polar surface area (TPSA) is 120 Å². The third-order valence-electron chi connectivity index (χ3n) is 3.28. The second kappa shape index (κ2) is 5.83. The van der Waals surface area contributed by atoms with E-state index in [2.05, 4.69) is 10.6 Å². The van der Waals surface area contributed by atoms with Gasteiger partial charge in [0.2, 0.25) is 6.04 Å². The van der Waals surface area contributed by atoms with Gasteiger partial charge in [0.25, 0.3) is 5.70 Å². The van der Waals surface area contributed by atoms with Crippen molar-refractivity contribution in [2.24, 2.45) is 0 Å². The van der Waals surface area contributed by atoms with E-state index in [-0.39, 0.29) is 30.6 Å². The maximum absolute atomic E-state index is 10.9. The predicted molar refractivity (Wildman–Crippen MR) is 64.4 cm³/mol. The summed E-state index contributed by atoms with van der Waals surface area (Å²) in [4.78, 5) is 20.6. The van der Waals surface area contributed by atoms with Crippen molar-refractivity contribution >= 4 is 0 Å². The fourth-order valence-corrected chi connectivity index (χ4v) is 2.22. The fourth-order valence-electron chi connectivity index (χ4n) is 2.22. The lowest BCUT2D eigenvalue weighted by atomic mass is 10.1. The van der Waals surface area contributed by atoms with Crippen LogP contribution in [0.1, 0.15) is 19.3 Å². The minimum Gasteiger partial charge on any atom is -0.376 e.